The third-order valence-corrected chi connectivity index (χ3v) is 12.4. The van der Waals surface area contributed by atoms with E-state index in [-0.39, 0.29) is 49.8 Å². The molecule has 6 amide bonds. The fourth-order valence-corrected chi connectivity index (χ4v) is 8.80. The van der Waals surface area contributed by atoms with Crippen molar-refractivity contribution in [3.8, 4) is 0 Å². The summed E-state index contributed by atoms with van der Waals surface area (Å²) in [6.07, 6.45) is 14.2. The average Bonchev–Trinajstić information content (AvgIpc) is 3.73. The first kappa shape index (κ1) is 48.6. The summed E-state index contributed by atoms with van der Waals surface area (Å²) in [5, 5.41) is 24.7. The fourth-order valence-electron chi connectivity index (χ4n) is 8.80. The Morgan fingerprint density at radius 2 is 1.60 bits per heavy atom. The number of amides is 6. The highest BCUT2D eigenvalue weighted by Crippen LogP contribution is 2.31. The SMILES string of the molecule is CCNC(=O)NC[C@@H](C[C@H](O)[C@H](CC1CCCCC1)NC(=O)C(Cc1cnc[nH]1)N(OC(=O)N1CCC(NC(=O)OC(C)(C)C)CC1)C(=O)CCC1CCCCC1)C(C)C. The molecule has 0 spiro atoms. The summed E-state index contributed by atoms with van der Waals surface area (Å²) in [5.41, 5.74) is -0.0679. The Morgan fingerprint density at radius 1 is 0.950 bits per heavy atom. The van der Waals surface area contributed by atoms with Gasteiger partial charge in [-0.15, -0.1) is 0 Å². The summed E-state index contributed by atoms with van der Waals surface area (Å²) in [6, 6.07) is -2.39. The van der Waals surface area contributed by atoms with E-state index in [9.17, 15) is 29.1 Å². The van der Waals surface area contributed by atoms with Crippen LogP contribution in [0, 0.1) is 23.7 Å². The van der Waals surface area contributed by atoms with E-state index in [0.29, 0.717) is 62.7 Å². The number of aliphatic hydroxyl groups excluding tert-OH is 1. The average molecular weight is 845 g/mol. The van der Waals surface area contributed by atoms with Crippen LogP contribution in [0.3, 0.4) is 0 Å². The highest BCUT2D eigenvalue weighted by molar-refractivity contribution is 5.88. The number of carbonyl (C=O) groups excluding carboxylic acids is 5. The molecule has 16 nitrogen and oxygen atoms in total. The van der Waals surface area contributed by atoms with Crippen molar-refractivity contribution in [3.05, 3.63) is 18.2 Å². The van der Waals surface area contributed by atoms with Crippen molar-refractivity contribution in [3.63, 3.8) is 0 Å². The van der Waals surface area contributed by atoms with E-state index >= 15 is 0 Å². The lowest BCUT2D eigenvalue weighted by molar-refractivity contribution is -0.184. The van der Waals surface area contributed by atoms with Crippen LogP contribution in [0.2, 0.25) is 0 Å². The summed E-state index contributed by atoms with van der Waals surface area (Å²) in [6.45, 7) is 12.7. The number of carbonyl (C=O) groups is 5. The molecule has 1 unspecified atom stereocenters. The number of ether oxygens (including phenoxy) is 1. The van der Waals surface area contributed by atoms with Crippen molar-refractivity contribution < 1.29 is 38.7 Å². The number of urea groups is 1. The maximum Gasteiger partial charge on any atom is 0.434 e. The number of rotatable bonds is 18. The van der Waals surface area contributed by atoms with Gasteiger partial charge >= 0.3 is 18.2 Å². The number of nitrogens with zero attached hydrogens (tertiary/aromatic N) is 3. The maximum atomic E-state index is 14.8. The standard InChI is InChI=1S/C44H76N8O8/c1-7-46-41(56)47-27-33(30(2)3)25-38(53)36(24-32-16-12-9-13-17-32)50-40(55)37(26-35-28-45-29-48-35)52(39(54)19-18-31-14-10-8-11-15-31)60-43(58)51-22-20-34(21-23-51)49-42(57)59-44(4,5)6/h28-34,36-38,53H,7-27H2,1-6H3,(H,45,48)(H,49,57)(H,50,55)(H2,46,47,56)/t33-,36+,37?,38+/m1/s1. The Hall–Kier alpha value is -4.08. The van der Waals surface area contributed by atoms with Gasteiger partial charge in [0.2, 0.25) is 5.91 Å². The molecule has 0 radical (unpaired) electrons. The molecule has 16 heteroatoms. The highest BCUT2D eigenvalue weighted by atomic mass is 16.7. The zero-order valence-electron chi connectivity index (χ0n) is 37.3. The molecule has 2 saturated carbocycles. The molecular formula is C44H76N8O8. The van der Waals surface area contributed by atoms with Crippen LogP contribution in [0.15, 0.2) is 12.5 Å². The van der Waals surface area contributed by atoms with Crippen LogP contribution >= 0.6 is 0 Å². The van der Waals surface area contributed by atoms with Gasteiger partial charge in [0.25, 0.3) is 5.91 Å². The topological polar surface area (TPSA) is 207 Å². The van der Waals surface area contributed by atoms with Gasteiger partial charge in [-0.05, 0) is 83.5 Å². The Morgan fingerprint density at radius 3 is 2.18 bits per heavy atom. The first-order valence-electron chi connectivity index (χ1n) is 22.9. The monoisotopic (exact) mass is 845 g/mol. The molecule has 1 saturated heterocycles. The van der Waals surface area contributed by atoms with Gasteiger partial charge in [-0.3, -0.25) is 9.59 Å². The number of hydrogen-bond donors (Lipinski definition) is 6. The molecule has 1 aromatic heterocycles. The number of piperidine rings is 1. The van der Waals surface area contributed by atoms with Gasteiger partial charge in [0.15, 0.2) is 6.04 Å². The van der Waals surface area contributed by atoms with E-state index in [2.05, 4.69) is 45.1 Å². The minimum Gasteiger partial charge on any atom is -0.444 e. The first-order valence-corrected chi connectivity index (χ1v) is 22.9. The highest BCUT2D eigenvalue weighted by Gasteiger charge is 2.39. The van der Waals surface area contributed by atoms with E-state index in [1.54, 1.807) is 27.0 Å². The molecular weight excluding hydrogens is 769 g/mol. The molecule has 340 valence electrons. The molecule has 6 N–H and O–H groups in total. The largest absolute Gasteiger partial charge is 0.444 e. The number of hydroxylamine groups is 2. The zero-order valence-corrected chi connectivity index (χ0v) is 37.3. The van der Waals surface area contributed by atoms with Crippen LogP contribution in [-0.2, 0) is 25.6 Å². The van der Waals surface area contributed by atoms with Crippen molar-refractivity contribution in [2.24, 2.45) is 23.7 Å². The molecule has 1 aromatic rings. The van der Waals surface area contributed by atoms with Crippen LogP contribution in [-0.4, -0.2) is 111 Å². The van der Waals surface area contributed by atoms with Crippen molar-refractivity contribution in [1.82, 2.24) is 41.2 Å². The second-order valence-electron chi connectivity index (χ2n) is 18.7. The quantitative estimate of drug-likeness (QED) is 0.0910. The van der Waals surface area contributed by atoms with E-state index in [1.807, 2.05) is 6.92 Å². The summed E-state index contributed by atoms with van der Waals surface area (Å²) in [7, 11) is 0. The van der Waals surface area contributed by atoms with Gasteiger partial charge in [-0.1, -0.05) is 78.1 Å². The van der Waals surface area contributed by atoms with Gasteiger partial charge in [-0.2, -0.15) is 5.06 Å². The molecule has 60 heavy (non-hydrogen) atoms. The van der Waals surface area contributed by atoms with Gasteiger partial charge < -0.3 is 45.8 Å². The number of H-pyrrole nitrogens is 1. The molecule has 4 atom stereocenters. The second kappa shape index (κ2) is 24.4. The molecule has 4 rings (SSSR count). The third kappa shape index (κ3) is 16.8. The van der Waals surface area contributed by atoms with Crippen LogP contribution < -0.4 is 21.3 Å². The number of nitrogens with one attached hydrogen (secondary N) is 5. The van der Waals surface area contributed by atoms with E-state index in [0.717, 1.165) is 62.9 Å². The van der Waals surface area contributed by atoms with Crippen LogP contribution in [0.25, 0.3) is 0 Å². The Kier molecular flexibility index (Phi) is 19.7. The van der Waals surface area contributed by atoms with Gasteiger partial charge in [0.1, 0.15) is 5.60 Å². The molecule has 2 heterocycles. The molecule has 3 fully saturated rings. The number of imidazole rings is 1. The maximum absolute atomic E-state index is 14.8. The number of likely N-dealkylation sites (tertiary alicyclic amines) is 1. The lowest BCUT2D eigenvalue weighted by Gasteiger charge is -2.36. The van der Waals surface area contributed by atoms with Crippen molar-refractivity contribution in [2.45, 2.75) is 181 Å². The van der Waals surface area contributed by atoms with Crippen LogP contribution in [0.4, 0.5) is 14.4 Å². The normalized spacial score (nSPS) is 19.1. The van der Waals surface area contributed by atoms with Crippen molar-refractivity contribution in [2.75, 3.05) is 26.2 Å². The summed E-state index contributed by atoms with van der Waals surface area (Å²) >= 11 is 0. The van der Waals surface area contributed by atoms with Crippen LogP contribution in [0.1, 0.15) is 150 Å². The number of aliphatic hydroxyl groups is 1. The fraction of sp³-hybridized carbons (Fsp3) is 0.818. The Bertz CT molecular complexity index is 1470. The van der Waals surface area contributed by atoms with E-state index in [4.69, 9.17) is 9.57 Å². The summed E-state index contributed by atoms with van der Waals surface area (Å²) in [4.78, 5) is 82.6. The molecule has 1 aliphatic heterocycles. The Balaban J connectivity index is 1.57. The molecule has 3 aliphatic rings. The molecule has 2 aliphatic carbocycles. The number of aromatic nitrogens is 2. The molecule has 0 bridgehead atoms. The van der Waals surface area contributed by atoms with Gasteiger partial charge in [-0.25, -0.2) is 19.4 Å². The minimum atomic E-state index is -1.26. The van der Waals surface area contributed by atoms with Crippen LogP contribution in [0.5, 0.6) is 0 Å². The van der Waals surface area contributed by atoms with E-state index in [1.165, 1.54) is 17.6 Å². The van der Waals surface area contributed by atoms with Crippen molar-refractivity contribution in [1.29, 1.82) is 0 Å². The predicted molar refractivity (Wildman–Crippen MR) is 228 cm³/mol. The van der Waals surface area contributed by atoms with Gasteiger partial charge in [0.05, 0.1) is 18.5 Å². The number of alkyl carbamates (subject to hydrolysis) is 1. The summed E-state index contributed by atoms with van der Waals surface area (Å²) < 4.78 is 5.42. The minimum absolute atomic E-state index is 0.00646. The van der Waals surface area contributed by atoms with E-state index < -0.39 is 47.8 Å². The lowest BCUT2D eigenvalue weighted by Crippen LogP contribution is -2.57. The number of aromatic amines is 1. The van der Waals surface area contributed by atoms with Crippen molar-refractivity contribution >= 4 is 30.0 Å². The molecule has 0 aromatic carbocycles. The zero-order chi connectivity index (χ0) is 43.7. The van der Waals surface area contributed by atoms with Gasteiger partial charge in [0, 0.05) is 57.0 Å². The predicted octanol–water partition coefficient (Wildman–Crippen LogP) is 6.35. The second-order valence-corrected chi connectivity index (χ2v) is 18.7. The first-order chi connectivity index (χ1) is 28.6. The summed E-state index contributed by atoms with van der Waals surface area (Å²) in [5.74, 6) is -0.259. The lowest BCUT2D eigenvalue weighted by atomic mass is 9.81. The smallest absolute Gasteiger partial charge is 0.434 e. The third-order valence-electron chi connectivity index (χ3n) is 12.4. The Labute approximate surface area is 357 Å². The number of hydrogen-bond acceptors (Lipinski definition) is 9.